The van der Waals surface area contributed by atoms with Crippen LogP contribution in [0.5, 0.6) is 11.5 Å². The minimum atomic E-state index is -0.273. The molecule has 0 spiro atoms. The van der Waals surface area contributed by atoms with E-state index in [1.54, 1.807) is 0 Å². The molecule has 1 aromatic carbocycles. The summed E-state index contributed by atoms with van der Waals surface area (Å²) in [5.74, 6) is -0.709. The molecule has 1 aliphatic rings. The van der Waals surface area contributed by atoms with Gasteiger partial charge < -0.3 is 15.5 Å². The number of nitrogens with one attached hydrogen (secondary N) is 1. The fourth-order valence-corrected chi connectivity index (χ4v) is 1.45. The quantitative estimate of drug-likeness (QED) is 0.679. The van der Waals surface area contributed by atoms with Gasteiger partial charge in [0.05, 0.1) is 0 Å². The highest BCUT2D eigenvalue weighted by Gasteiger charge is 2.37. The molecule has 0 aromatic heterocycles. The predicted octanol–water partition coefficient (Wildman–Crippen LogP) is 1.63. The summed E-state index contributed by atoms with van der Waals surface area (Å²) in [5.41, 5.74) is 0.619. The first-order valence-electron chi connectivity index (χ1n) is 5.30. The van der Waals surface area contributed by atoms with Crippen molar-refractivity contribution in [3.05, 3.63) is 23.8 Å². The van der Waals surface area contributed by atoms with E-state index in [-0.39, 0.29) is 22.8 Å². The zero-order chi connectivity index (χ0) is 11.8. The molecule has 3 N–H and O–H groups in total. The van der Waals surface area contributed by atoms with Crippen LogP contribution in [0.25, 0.3) is 0 Å². The average molecular weight is 221 g/mol. The van der Waals surface area contributed by atoms with Gasteiger partial charge in [-0.1, -0.05) is 6.92 Å². The molecule has 0 unspecified atom stereocenters. The second kappa shape index (κ2) is 3.70. The topological polar surface area (TPSA) is 69.6 Å². The van der Waals surface area contributed by atoms with E-state index in [9.17, 15) is 9.90 Å². The van der Waals surface area contributed by atoms with E-state index in [0.717, 1.165) is 12.8 Å². The number of carbonyl (C=O) groups is 1. The van der Waals surface area contributed by atoms with Crippen LogP contribution in [0.4, 0.5) is 0 Å². The van der Waals surface area contributed by atoms with E-state index in [4.69, 9.17) is 5.11 Å². The van der Waals surface area contributed by atoms with E-state index in [1.807, 2.05) is 0 Å². The Labute approximate surface area is 93.9 Å². The Balaban J connectivity index is 2.00. The molecule has 0 atom stereocenters. The summed E-state index contributed by atoms with van der Waals surface area (Å²) in [5, 5.41) is 21.2. The van der Waals surface area contributed by atoms with Crippen LogP contribution in [0.3, 0.4) is 0 Å². The molecule has 1 fully saturated rings. The van der Waals surface area contributed by atoms with Gasteiger partial charge in [0.25, 0.3) is 5.91 Å². The Bertz CT molecular complexity index is 424. The van der Waals surface area contributed by atoms with Gasteiger partial charge in [-0.25, -0.2) is 0 Å². The fraction of sp³-hybridized carbons (Fsp3) is 0.417. The van der Waals surface area contributed by atoms with Crippen molar-refractivity contribution in [1.29, 1.82) is 0 Å². The van der Waals surface area contributed by atoms with Crippen LogP contribution < -0.4 is 5.32 Å². The van der Waals surface area contributed by atoms with Crippen molar-refractivity contribution in [2.24, 2.45) is 5.41 Å². The molecule has 0 heterocycles. The van der Waals surface area contributed by atoms with E-state index in [2.05, 4.69) is 12.2 Å². The van der Waals surface area contributed by atoms with Crippen LogP contribution in [0, 0.1) is 5.41 Å². The summed E-state index contributed by atoms with van der Waals surface area (Å²) in [6.07, 6.45) is 2.29. The molecule has 86 valence electrons. The SMILES string of the molecule is CC1(CNC(=O)c2ccc(O)c(O)c2)CC1. The first-order valence-corrected chi connectivity index (χ1v) is 5.30. The van der Waals surface area contributed by atoms with Crippen LogP contribution in [0.2, 0.25) is 0 Å². The maximum absolute atomic E-state index is 11.7. The van der Waals surface area contributed by atoms with E-state index < -0.39 is 0 Å². The third-order valence-electron chi connectivity index (χ3n) is 3.02. The molecule has 0 saturated heterocycles. The first kappa shape index (κ1) is 10.8. The Hall–Kier alpha value is -1.71. The van der Waals surface area contributed by atoms with Crippen molar-refractivity contribution in [3.8, 4) is 11.5 Å². The van der Waals surface area contributed by atoms with Crippen molar-refractivity contribution in [3.63, 3.8) is 0 Å². The predicted molar refractivity (Wildman–Crippen MR) is 59.4 cm³/mol. The van der Waals surface area contributed by atoms with Gasteiger partial charge in [-0.2, -0.15) is 0 Å². The van der Waals surface area contributed by atoms with Crippen LogP contribution in [0.1, 0.15) is 30.1 Å². The van der Waals surface area contributed by atoms with Gasteiger partial charge in [-0.3, -0.25) is 4.79 Å². The number of carbonyl (C=O) groups excluding carboxylic acids is 1. The summed E-state index contributed by atoms with van der Waals surface area (Å²) >= 11 is 0. The number of hydrogen-bond donors (Lipinski definition) is 3. The van der Waals surface area contributed by atoms with Crippen LogP contribution >= 0.6 is 0 Å². The summed E-state index contributed by atoms with van der Waals surface area (Å²) in [7, 11) is 0. The molecular weight excluding hydrogens is 206 g/mol. The molecule has 0 aliphatic heterocycles. The lowest BCUT2D eigenvalue weighted by Crippen LogP contribution is -2.28. The number of hydrogen-bond acceptors (Lipinski definition) is 3. The summed E-state index contributed by atoms with van der Waals surface area (Å²) < 4.78 is 0. The lowest BCUT2D eigenvalue weighted by Gasteiger charge is -2.10. The second-order valence-corrected chi connectivity index (χ2v) is 4.70. The summed E-state index contributed by atoms with van der Waals surface area (Å²) in [6.45, 7) is 2.79. The lowest BCUT2D eigenvalue weighted by atomic mass is 10.1. The van der Waals surface area contributed by atoms with Gasteiger partial charge >= 0.3 is 0 Å². The Morgan fingerprint density at radius 1 is 1.38 bits per heavy atom. The molecule has 1 amide bonds. The molecule has 16 heavy (non-hydrogen) atoms. The lowest BCUT2D eigenvalue weighted by molar-refractivity contribution is 0.0945. The van der Waals surface area contributed by atoms with Crippen molar-refractivity contribution in [2.75, 3.05) is 6.54 Å². The van der Waals surface area contributed by atoms with Crippen molar-refractivity contribution < 1.29 is 15.0 Å². The third kappa shape index (κ3) is 2.27. The van der Waals surface area contributed by atoms with E-state index in [1.165, 1.54) is 18.2 Å². The van der Waals surface area contributed by atoms with Gasteiger partial charge in [-0.05, 0) is 36.5 Å². The zero-order valence-corrected chi connectivity index (χ0v) is 9.16. The summed E-state index contributed by atoms with van der Waals surface area (Å²) in [6, 6.07) is 4.06. The smallest absolute Gasteiger partial charge is 0.251 e. The highest BCUT2D eigenvalue weighted by molar-refractivity contribution is 5.94. The molecule has 4 heteroatoms. The molecule has 0 bridgehead atoms. The minimum Gasteiger partial charge on any atom is -0.504 e. The normalized spacial score (nSPS) is 16.8. The van der Waals surface area contributed by atoms with Crippen LogP contribution in [0.15, 0.2) is 18.2 Å². The largest absolute Gasteiger partial charge is 0.504 e. The van der Waals surface area contributed by atoms with Gasteiger partial charge in [0, 0.05) is 12.1 Å². The number of phenolic OH excluding ortho intramolecular Hbond substituents is 2. The number of amides is 1. The highest BCUT2D eigenvalue weighted by Crippen LogP contribution is 2.44. The maximum atomic E-state index is 11.7. The molecule has 1 aromatic rings. The molecule has 2 rings (SSSR count). The average Bonchev–Trinajstić information content (AvgIpc) is 2.98. The van der Waals surface area contributed by atoms with Gasteiger partial charge in [0.1, 0.15) is 0 Å². The maximum Gasteiger partial charge on any atom is 0.251 e. The van der Waals surface area contributed by atoms with Crippen LogP contribution in [-0.4, -0.2) is 22.7 Å². The molecule has 4 nitrogen and oxygen atoms in total. The number of phenols is 2. The van der Waals surface area contributed by atoms with Crippen molar-refractivity contribution in [2.45, 2.75) is 19.8 Å². The Kier molecular flexibility index (Phi) is 2.50. The number of benzene rings is 1. The minimum absolute atomic E-state index is 0.217. The molecule has 1 aliphatic carbocycles. The van der Waals surface area contributed by atoms with Crippen molar-refractivity contribution in [1.82, 2.24) is 5.32 Å². The zero-order valence-electron chi connectivity index (χ0n) is 9.16. The van der Waals surface area contributed by atoms with Crippen LogP contribution in [-0.2, 0) is 0 Å². The third-order valence-corrected chi connectivity index (χ3v) is 3.02. The summed E-state index contributed by atoms with van der Waals surface area (Å²) in [4.78, 5) is 11.7. The monoisotopic (exact) mass is 221 g/mol. The Morgan fingerprint density at radius 2 is 2.06 bits per heavy atom. The first-order chi connectivity index (χ1) is 7.50. The second-order valence-electron chi connectivity index (χ2n) is 4.70. The highest BCUT2D eigenvalue weighted by atomic mass is 16.3. The fourth-order valence-electron chi connectivity index (χ4n) is 1.45. The van der Waals surface area contributed by atoms with E-state index in [0.29, 0.717) is 12.1 Å². The Morgan fingerprint density at radius 3 is 2.62 bits per heavy atom. The van der Waals surface area contributed by atoms with Gasteiger partial charge in [0.15, 0.2) is 11.5 Å². The standard InChI is InChI=1S/C12H15NO3/c1-12(4-5-12)7-13-11(16)8-2-3-9(14)10(15)6-8/h2-3,6,14-15H,4-5,7H2,1H3,(H,13,16). The molecule has 1 saturated carbocycles. The molecule has 0 radical (unpaired) electrons. The van der Waals surface area contributed by atoms with Crippen molar-refractivity contribution >= 4 is 5.91 Å². The van der Waals surface area contributed by atoms with E-state index >= 15 is 0 Å². The number of rotatable bonds is 3. The number of aromatic hydroxyl groups is 2. The molecular formula is C12H15NO3. The van der Waals surface area contributed by atoms with Gasteiger partial charge in [-0.15, -0.1) is 0 Å². The van der Waals surface area contributed by atoms with Gasteiger partial charge in [0.2, 0.25) is 0 Å².